The second-order valence-corrected chi connectivity index (χ2v) is 3.67. The number of benzene rings is 1. The van der Waals surface area contributed by atoms with E-state index in [1.807, 2.05) is 30.3 Å². The van der Waals surface area contributed by atoms with Crippen molar-refractivity contribution in [3.63, 3.8) is 0 Å². The van der Waals surface area contributed by atoms with E-state index in [0.717, 1.165) is 10.6 Å². The van der Waals surface area contributed by atoms with Crippen LogP contribution in [0.25, 0.3) is 0 Å². The summed E-state index contributed by atoms with van der Waals surface area (Å²) in [7, 11) is 0. The molecule has 0 bridgehead atoms. The van der Waals surface area contributed by atoms with Crippen molar-refractivity contribution >= 4 is 17.3 Å². The van der Waals surface area contributed by atoms with Crippen LogP contribution in [0.3, 0.4) is 0 Å². The summed E-state index contributed by atoms with van der Waals surface area (Å²) in [6.07, 6.45) is 1.81. The van der Waals surface area contributed by atoms with E-state index in [9.17, 15) is 4.79 Å². The lowest BCUT2D eigenvalue weighted by Crippen LogP contribution is -2.02. The molecule has 0 spiro atoms. The van der Waals surface area contributed by atoms with E-state index < -0.39 is 0 Å². The van der Waals surface area contributed by atoms with Crippen LogP contribution in [0.4, 0.5) is 0 Å². The number of carbonyl (C=O) groups is 1. The zero-order chi connectivity index (χ0) is 9.80. The molecule has 0 radical (unpaired) electrons. The molecule has 0 N–H and O–H groups in total. The first-order valence-electron chi connectivity index (χ1n) is 4.20. The minimum absolute atomic E-state index is 0.0855. The van der Waals surface area contributed by atoms with Gasteiger partial charge in [-0.2, -0.15) is 4.37 Å². The van der Waals surface area contributed by atoms with Crippen molar-refractivity contribution in [2.75, 3.05) is 0 Å². The molecule has 70 valence electrons. The highest BCUT2D eigenvalue weighted by Gasteiger charge is 2.07. The van der Waals surface area contributed by atoms with Gasteiger partial charge in [-0.15, -0.1) is 0 Å². The minimum Gasteiger partial charge on any atom is -0.294 e. The van der Waals surface area contributed by atoms with Crippen molar-refractivity contribution in [1.82, 2.24) is 9.36 Å². The quantitative estimate of drug-likeness (QED) is 0.718. The summed E-state index contributed by atoms with van der Waals surface area (Å²) in [4.78, 5) is 15.6. The Bertz CT molecular complexity index is 411. The largest absolute Gasteiger partial charge is 0.294 e. The number of nitrogens with zero attached hydrogens (tertiary/aromatic N) is 2. The zero-order valence-corrected chi connectivity index (χ0v) is 8.20. The molecular formula is C10H8N2OS. The fourth-order valence-electron chi connectivity index (χ4n) is 1.14. The van der Waals surface area contributed by atoms with Gasteiger partial charge in [-0.05, 0) is 11.5 Å². The summed E-state index contributed by atoms with van der Waals surface area (Å²) in [5.74, 6) is 0.0855. The monoisotopic (exact) mass is 204 g/mol. The summed E-state index contributed by atoms with van der Waals surface area (Å²) in [5.41, 5.74) is 0.725. The second kappa shape index (κ2) is 4.11. The van der Waals surface area contributed by atoms with E-state index in [1.165, 1.54) is 17.9 Å². The van der Waals surface area contributed by atoms with E-state index >= 15 is 0 Å². The maximum atomic E-state index is 11.7. The molecule has 1 aromatic heterocycles. The molecule has 0 saturated carbocycles. The first kappa shape index (κ1) is 9.02. The number of ketones is 1. The topological polar surface area (TPSA) is 42.9 Å². The van der Waals surface area contributed by atoms with Gasteiger partial charge >= 0.3 is 0 Å². The molecule has 0 aliphatic heterocycles. The van der Waals surface area contributed by atoms with Gasteiger partial charge in [0.1, 0.15) is 11.3 Å². The van der Waals surface area contributed by atoms with Crippen LogP contribution in [0.2, 0.25) is 0 Å². The number of Topliss-reactive ketones (excluding diaryl/α,β-unsaturated/α-hetero) is 1. The van der Waals surface area contributed by atoms with E-state index in [-0.39, 0.29) is 5.78 Å². The molecule has 1 aromatic carbocycles. The van der Waals surface area contributed by atoms with Crippen molar-refractivity contribution in [3.05, 3.63) is 47.2 Å². The van der Waals surface area contributed by atoms with Crippen LogP contribution in [-0.4, -0.2) is 15.1 Å². The number of rotatable bonds is 3. The molecule has 0 saturated heterocycles. The maximum Gasteiger partial charge on any atom is 0.169 e. The predicted molar refractivity (Wildman–Crippen MR) is 54.4 cm³/mol. The van der Waals surface area contributed by atoms with E-state index in [1.54, 1.807) is 0 Å². The van der Waals surface area contributed by atoms with Gasteiger partial charge in [-0.25, -0.2) is 4.98 Å². The third-order valence-corrected chi connectivity index (χ3v) is 2.47. The Hall–Kier alpha value is -1.55. The molecule has 0 unspecified atom stereocenters. The van der Waals surface area contributed by atoms with Crippen molar-refractivity contribution < 1.29 is 4.79 Å². The number of hydrogen-bond acceptors (Lipinski definition) is 4. The van der Waals surface area contributed by atoms with Gasteiger partial charge in [0.2, 0.25) is 0 Å². The Balaban J connectivity index is 2.11. The van der Waals surface area contributed by atoms with Gasteiger partial charge in [0.15, 0.2) is 5.78 Å². The van der Waals surface area contributed by atoms with Crippen molar-refractivity contribution in [3.8, 4) is 0 Å². The molecule has 0 aliphatic carbocycles. The average molecular weight is 204 g/mol. The van der Waals surface area contributed by atoms with Gasteiger partial charge in [0.05, 0.1) is 6.42 Å². The lowest BCUT2D eigenvalue weighted by molar-refractivity contribution is 0.0993. The zero-order valence-electron chi connectivity index (χ0n) is 7.38. The SMILES string of the molecule is O=C(Cc1ncns1)c1ccccc1. The van der Waals surface area contributed by atoms with E-state index in [0.29, 0.717) is 6.42 Å². The molecule has 0 atom stereocenters. The van der Waals surface area contributed by atoms with Crippen LogP contribution in [0.1, 0.15) is 15.4 Å². The first-order chi connectivity index (χ1) is 6.86. The lowest BCUT2D eigenvalue weighted by Gasteiger charge is -1.96. The number of aromatic nitrogens is 2. The van der Waals surface area contributed by atoms with Crippen LogP contribution in [0.5, 0.6) is 0 Å². The number of hydrogen-bond donors (Lipinski definition) is 0. The second-order valence-electron chi connectivity index (χ2n) is 2.80. The highest BCUT2D eigenvalue weighted by molar-refractivity contribution is 7.05. The number of carbonyl (C=O) groups excluding carboxylic acids is 1. The van der Waals surface area contributed by atoms with Crippen LogP contribution >= 0.6 is 11.5 Å². The third kappa shape index (κ3) is 2.03. The fraction of sp³-hybridized carbons (Fsp3) is 0.100. The van der Waals surface area contributed by atoms with Gasteiger partial charge in [0, 0.05) is 5.56 Å². The standard InChI is InChI=1S/C10H8N2OS/c13-9(6-10-11-7-12-14-10)8-4-2-1-3-5-8/h1-5,7H,6H2. The fourth-order valence-corrected chi connectivity index (χ4v) is 1.64. The molecule has 2 rings (SSSR count). The highest BCUT2D eigenvalue weighted by Crippen LogP contribution is 2.07. The predicted octanol–water partition coefficient (Wildman–Crippen LogP) is 1.96. The Morgan fingerprint density at radius 3 is 2.71 bits per heavy atom. The van der Waals surface area contributed by atoms with E-state index in [2.05, 4.69) is 9.36 Å². The van der Waals surface area contributed by atoms with Crippen LogP contribution in [-0.2, 0) is 6.42 Å². The van der Waals surface area contributed by atoms with Gasteiger partial charge in [-0.1, -0.05) is 30.3 Å². The summed E-state index contributed by atoms with van der Waals surface area (Å²) < 4.78 is 3.85. The van der Waals surface area contributed by atoms with Crippen LogP contribution in [0.15, 0.2) is 36.7 Å². The molecule has 3 nitrogen and oxygen atoms in total. The Morgan fingerprint density at radius 2 is 2.07 bits per heavy atom. The Kier molecular flexibility index (Phi) is 2.65. The smallest absolute Gasteiger partial charge is 0.169 e. The van der Waals surface area contributed by atoms with Gasteiger partial charge in [0.25, 0.3) is 0 Å². The van der Waals surface area contributed by atoms with Crippen LogP contribution in [0, 0.1) is 0 Å². The molecule has 4 heteroatoms. The molecule has 0 aliphatic rings. The summed E-state index contributed by atoms with van der Waals surface area (Å²) in [5, 5.41) is 0.763. The maximum absolute atomic E-state index is 11.7. The van der Waals surface area contributed by atoms with Crippen LogP contribution < -0.4 is 0 Å². The van der Waals surface area contributed by atoms with E-state index in [4.69, 9.17) is 0 Å². The average Bonchev–Trinajstić information content (AvgIpc) is 2.72. The summed E-state index contributed by atoms with van der Waals surface area (Å²) in [6.45, 7) is 0. The minimum atomic E-state index is 0.0855. The molecule has 0 amide bonds. The normalized spacial score (nSPS) is 10.0. The molecule has 0 fully saturated rings. The first-order valence-corrected chi connectivity index (χ1v) is 4.97. The highest BCUT2D eigenvalue weighted by atomic mass is 32.1. The molecule has 14 heavy (non-hydrogen) atoms. The van der Waals surface area contributed by atoms with Crippen molar-refractivity contribution in [2.24, 2.45) is 0 Å². The van der Waals surface area contributed by atoms with Crippen molar-refractivity contribution in [1.29, 1.82) is 0 Å². The Morgan fingerprint density at radius 1 is 1.29 bits per heavy atom. The summed E-state index contributed by atoms with van der Waals surface area (Å²) >= 11 is 1.26. The molecular weight excluding hydrogens is 196 g/mol. The molecule has 1 heterocycles. The summed E-state index contributed by atoms with van der Waals surface area (Å²) in [6, 6.07) is 9.22. The molecule has 2 aromatic rings. The lowest BCUT2D eigenvalue weighted by atomic mass is 10.1. The Labute approximate surface area is 85.6 Å². The van der Waals surface area contributed by atoms with Crippen molar-refractivity contribution in [2.45, 2.75) is 6.42 Å². The van der Waals surface area contributed by atoms with Gasteiger partial charge in [-0.3, -0.25) is 4.79 Å². The third-order valence-electron chi connectivity index (χ3n) is 1.81. The van der Waals surface area contributed by atoms with Gasteiger partial charge < -0.3 is 0 Å².